The second-order valence-corrected chi connectivity index (χ2v) is 6.83. The number of aliphatic hydroxyl groups is 1. The summed E-state index contributed by atoms with van der Waals surface area (Å²) >= 11 is 0. The van der Waals surface area contributed by atoms with Crippen molar-refractivity contribution in [1.29, 1.82) is 0 Å². The van der Waals surface area contributed by atoms with Crippen LogP contribution in [0.2, 0.25) is 0 Å². The fourth-order valence-electron chi connectivity index (χ4n) is 2.31. The number of aromatic nitrogens is 1. The number of carbonyl (C=O) groups excluding carboxylic acids is 2. The highest BCUT2D eigenvalue weighted by Crippen LogP contribution is 2.25. The number of pyridine rings is 1. The second kappa shape index (κ2) is 7.20. The molecule has 0 aliphatic heterocycles. The number of hydrogen-bond acceptors (Lipinski definition) is 7. The van der Waals surface area contributed by atoms with Gasteiger partial charge in [0, 0.05) is 32.3 Å². The van der Waals surface area contributed by atoms with Gasteiger partial charge in [-0.2, -0.15) is 4.73 Å². The second-order valence-electron chi connectivity index (χ2n) is 6.83. The minimum Gasteiger partial charge on any atom is -0.426 e. The molecule has 9 heteroatoms. The minimum absolute atomic E-state index is 0.0116. The van der Waals surface area contributed by atoms with E-state index in [0.717, 1.165) is 12.1 Å². The number of ketones is 1. The summed E-state index contributed by atoms with van der Waals surface area (Å²) in [5.74, 6) is -1.03. The number of nitrogens with zero attached hydrogens (tertiary/aromatic N) is 2. The SMILES string of the molecule is CC(C)[C@H](C)NC1=C(Nc2cc(=O)cc(C(=O)N(C)C)n2O)C(=O)C1O. The summed E-state index contributed by atoms with van der Waals surface area (Å²) in [5, 5.41) is 25.9. The van der Waals surface area contributed by atoms with Gasteiger partial charge >= 0.3 is 0 Å². The fourth-order valence-corrected chi connectivity index (χ4v) is 2.31. The predicted molar refractivity (Wildman–Crippen MR) is 95.0 cm³/mol. The van der Waals surface area contributed by atoms with Crippen LogP contribution < -0.4 is 16.1 Å². The Bertz CT molecular complexity index is 825. The topological polar surface area (TPSA) is 124 Å². The maximum Gasteiger partial charge on any atom is 0.273 e. The normalized spacial score (nSPS) is 17.8. The summed E-state index contributed by atoms with van der Waals surface area (Å²) in [4.78, 5) is 37.2. The van der Waals surface area contributed by atoms with Crippen LogP contribution in [-0.4, -0.2) is 57.9 Å². The number of amides is 1. The van der Waals surface area contributed by atoms with Crippen LogP contribution in [0.25, 0.3) is 0 Å². The molecule has 0 bridgehead atoms. The van der Waals surface area contributed by atoms with Crippen LogP contribution in [0, 0.1) is 5.92 Å². The van der Waals surface area contributed by atoms with E-state index in [2.05, 4.69) is 10.6 Å². The van der Waals surface area contributed by atoms with Gasteiger partial charge in [0.05, 0.1) is 5.70 Å². The van der Waals surface area contributed by atoms with Gasteiger partial charge in [-0.15, -0.1) is 0 Å². The molecule has 142 valence electrons. The van der Waals surface area contributed by atoms with E-state index in [1.54, 1.807) is 0 Å². The van der Waals surface area contributed by atoms with Crippen LogP contribution in [0.15, 0.2) is 28.3 Å². The molecular weight excluding hydrogens is 340 g/mol. The number of rotatable bonds is 6. The Hall–Kier alpha value is -2.81. The maximum absolute atomic E-state index is 12.1. The molecule has 1 aromatic heterocycles. The average Bonchev–Trinajstić information content (AvgIpc) is 2.58. The van der Waals surface area contributed by atoms with E-state index in [-0.39, 0.29) is 34.9 Å². The first-order valence-electron chi connectivity index (χ1n) is 8.22. The van der Waals surface area contributed by atoms with Crippen molar-refractivity contribution in [2.45, 2.75) is 32.9 Å². The van der Waals surface area contributed by atoms with Crippen molar-refractivity contribution in [3.8, 4) is 0 Å². The molecule has 1 aromatic rings. The van der Waals surface area contributed by atoms with Crippen LogP contribution >= 0.6 is 0 Å². The zero-order valence-corrected chi connectivity index (χ0v) is 15.4. The summed E-state index contributed by atoms with van der Waals surface area (Å²) < 4.78 is 0.512. The first kappa shape index (κ1) is 19.5. The minimum atomic E-state index is -1.29. The van der Waals surface area contributed by atoms with Crippen LogP contribution in [0.5, 0.6) is 0 Å². The Morgan fingerprint density at radius 3 is 2.38 bits per heavy atom. The van der Waals surface area contributed by atoms with Gasteiger partial charge in [0.2, 0.25) is 5.78 Å². The van der Waals surface area contributed by atoms with Gasteiger partial charge < -0.3 is 25.8 Å². The standard InChI is InChI=1S/C17H24N4O5/c1-8(2)9(3)18-13-14(16(24)15(13)23)19-12-7-10(22)6-11(21(12)26)17(25)20(4)5/h6-9,15,18-19,23,26H,1-5H3/t9-,15?/m0/s1. The van der Waals surface area contributed by atoms with Gasteiger partial charge in [0.25, 0.3) is 5.91 Å². The van der Waals surface area contributed by atoms with E-state index in [4.69, 9.17) is 0 Å². The number of Topliss-reactive ketones (excluding diaryl/α,β-unsaturated/α-hetero) is 1. The van der Waals surface area contributed by atoms with Crippen LogP contribution in [-0.2, 0) is 4.79 Å². The first-order valence-corrected chi connectivity index (χ1v) is 8.22. The lowest BCUT2D eigenvalue weighted by Gasteiger charge is -2.33. The first-order chi connectivity index (χ1) is 12.0. The van der Waals surface area contributed by atoms with Crippen LogP contribution in [0.1, 0.15) is 31.3 Å². The summed E-state index contributed by atoms with van der Waals surface area (Å²) in [7, 11) is 2.97. The van der Waals surface area contributed by atoms with Gasteiger partial charge in [-0.3, -0.25) is 14.4 Å². The summed E-state index contributed by atoms with van der Waals surface area (Å²) in [6, 6.07) is 2.04. The lowest BCUT2D eigenvalue weighted by Crippen LogP contribution is -2.49. The smallest absolute Gasteiger partial charge is 0.273 e. The number of hydrogen-bond donors (Lipinski definition) is 4. The van der Waals surface area contributed by atoms with Crippen molar-refractivity contribution < 1.29 is 19.9 Å². The zero-order chi connectivity index (χ0) is 19.8. The van der Waals surface area contributed by atoms with E-state index in [1.165, 1.54) is 19.0 Å². The van der Waals surface area contributed by atoms with E-state index < -0.39 is 23.2 Å². The number of carbonyl (C=O) groups is 2. The van der Waals surface area contributed by atoms with E-state index in [1.807, 2.05) is 20.8 Å². The number of aliphatic hydroxyl groups excluding tert-OH is 1. The Kier molecular flexibility index (Phi) is 5.41. The lowest BCUT2D eigenvalue weighted by molar-refractivity contribution is -0.124. The third-order valence-electron chi connectivity index (χ3n) is 4.31. The molecule has 0 spiro atoms. The molecule has 1 heterocycles. The molecule has 1 aliphatic carbocycles. The van der Waals surface area contributed by atoms with Gasteiger partial charge in [-0.05, 0) is 12.8 Å². The Balaban J connectivity index is 2.40. The Morgan fingerprint density at radius 2 is 1.85 bits per heavy atom. The highest BCUT2D eigenvalue weighted by atomic mass is 16.5. The largest absolute Gasteiger partial charge is 0.426 e. The van der Waals surface area contributed by atoms with Crippen molar-refractivity contribution in [3.63, 3.8) is 0 Å². The monoisotopic (exact) mass is 364 g/mol. The Morgan fingerprint density at radius 1 is 1.23 bits per heavy atom. The van der Waals surface area contributed by atoms with Crippen molar-refractivity contribution in [2.75, 3.05) is 19.4 Å². The van der Waals surface area contributed by atoms with Gasteiger partial charge in [-0.1, -0.05) is 13.8 Å². The van der Waals surface area contributed by atoms with Crippen molar-refractivity contribution >= 4 is 17.5 Å². The van der Waals surface area contributed by atoms with Crippen molar-refractivity contribution in [1.82, 2.24) is 14.9 Å². The average molecular weight is 364 g/mol. The van der Waals surface area contributed by atoms with E-state index in [9.17, 15) is 24.7 Å². The van der Waals surface area contributed by atoms with Gasteiger partial charge in [0.1, 0.15) is 5.70 Å². The molecular formula is C17H24N4O5. The molecule has 2 rings (SSSR count). The lowest BCUT2D eigenvalue weighted by atomic mass is 9.93. The molecule has 0 fully saturated rings. The number of anilines is 1. The molecule has 0 radical (unpaired) electrons. The molecule has 9 nitrogen and oxygen atoms in total. The Labute approximate surface area is 150 Å². The fraction of sp³-hybridized carbons (Fsp3) is 0.471. The van der Waals surface area contributed by atoms with Gasteiger partial charge in [0.15, 0.2) is 23.0 Å². The summed E-state index contributed by atoms with van der Waals surface area (Å²) in [6.45, 7) is 5.88. The van der Waals surface area contributed by atoms with E-state index in [0.29, 0.717) is 4.73 Å². The zero-order valence-electron chi connectivity index (χ0n) is 15.4. The summed E-state index contributed by atoms with van der Waals surface area (Å²) in [6.07, 6.45) is -1.29. The third kappa shape index (κ3) is 3.57. The molecule has 26 heavy (non-hydrogen) atoms. The molecule has 0 aromatic carbocycles. The molecule has 1 unspecified atom stereocenters. The molecule has 0 saturated carbocycles. The quantitative estimate of drug-likeness (QED) is 0.523. The molecule has 0 saturated heterocycles. The molecule has 2 atom stereocenters. The predicted octanol–water partition coefficient (Wildman–Crippen LogP) is -0.0114. The third-order valence-corrected chi connectivity index (χ3v) is 4.31. The van der Waals surface area contributed by atoms with Crippen molar-refractivity contribution in [3.05, 3.63) is 39.4 Å². The molecule has 1 aliphatic rings. The van der Waals surface area contributed by atoms with E-state index >= 15 is 0 Å². The highest BCUT2D eigenvalue weighted by Gasteiger charge is 2.39. The maximum atomic E-state index is 12.1. The van der Waals surface area contributed by atoms with Crippen LogP contribution in [0.4, 0.5) is 5.82 Å². The van der Waals surface area contributed by atoms with Crippen molar-refractivity contribution in [2.24, 2.45) is 5.92 Å². The van der Waals surface area contributed by atoms with Crippen LogP contribution in [0.3, 0.4) is 0 Å². The highest BCUT2D eigenvalue weighted by molar-refractivity contribution is 6.10. The number of nitrogens with one attached hydrogen (secondary N) is 2. The summed E-state index contributed by atoms with van der Waals surface area (Å²) in [5.41, 5.74) is -0.432. The van der Waals surface area contributed by atoms with Gasteiger partial charge in [-0.25, -0.2) is 0 Å². The molecule has 4 N–H and O–H groups in total. The molecule has 1 amide bonds.